The predicted molar refractivity (Wildman–Crippen MR) is 101 cm³/mol. The molecule has 1 amide bonds. The van der Waals surface area contributed by atoms with Gasteiger partial charge in [0.1, 0.15) is 6.54 Å². The van der Waals surface area contributed by atoms with Gasteiger partial charge < -0.3 is 0 Å². The van der Waals surface area contributed by atoms with Crippen LogP contribution < -0.4 is 4.90 Å². The van der Waals surface area contributed by atoms with Gasteiger partial charge in [-0.05, 0) is 17.7 Å². The number of aromatic nitrogens is 4. The van der Waals surface area contributed by atoms with E-state index in [-0.39, 0.29) is 12.5 Å². The Kier molecular flexibility index (Phi) is 4.18. The van der Waals surface area contributed by atoms with Crippen molar-refractivity contribution in [2.24, 2.45) is 0 Å². The molecule has 3 aromatic rings. The number of rotatable bonds is 4. The lowest BCUT2D eigenvalue weighted by Gasteiger charge is -2.12. The molecule has 0 fully saturated rings. The fourth-order valence-electron chi connectivity index (χ4n) is 3.06. The molecule has 0 saturated heterocycles. The van der Waals surface area contributed by atoms with E-state index in [1.807, 2.05) is 6.07 Å². The molecule has 27 heavy (non-hydrogen) atoms. The molecule has 1 aliphatic rings. The zero-order chi connectivity index (χ0) is 19.0. The fourth-order valence-corrected chi connectivity index (χ4v) is 3.23. The second kappa shape index (κ2) is 6.67. The molecule has 0 atom stereocenters. The van der Waals surface area contributed by atoms with Gasteiger partial charge in [0.25, 0.3) is 5.91 Å². The van der Waals surface area contributed by atoms with Crippen LogP contribution in [0.15, 0.2) is 43.5 Å². The van der Waals surface area contributed by atoms with Gasteiger partial charge >= 0.3 is 0 Å². The number of hydrogen-bond acceptors (Lipinski definition) is 5. The summed E-state index contributed by atoms with van der Waals surface area (Å²) in [6, 6.07) is 5.60. The van der Waals surface area contributed by atoms with Crippen molar-refractivity contribution in [2.45, 2.75) is 13.1 Å². The highest BCUT2D eigenvalue weighted by atomic mass is 35.5. The third kappa shape index (κ3) is 2.96. The predicted octanol–water partition coefficient (Wildman–Crippen LogP) is 3.32. The van der Waals surface area contributed by atoms with Gasteiger partial charge in [0.2, 0.25) is 0 Å². The molecule has 8 heteroatoms. The number of amides is 1. The molecular formula is C19H13ClN6O. The van der Waals surface area contributed by atoms with E-state index in [9.17, 15) is 4.79 Å². The second-order valence-electron chi connectivity index (χ2n) is 5.96. The third-order valence-corrected chi connectivity index (χ3v) is 4.48. The molecule has 0 radical (unpaired) electrons. The molecule has 1 aliphatic heterocycles. The molecule has 7 nitrogen and oxygen atoms in total. The average molecular weight is 377 g/mol. The topological polar surface area (TPSA) is 87.7 Å². The van der Waals surface area contributed by atoms with Crippen molar-refractivity contribution in [3.05, 3.63) is 65.3 Å². The zero-order valence-electron chi connectivity index (χ0n) is 14.1. The summed E-state index contributed by atoms with van der Waals surface area (Å²) in [6.45, 7) is 4.27. The molecule has 0 spiro atoms. The Morgan fingerprint density at radius 1 is 1.33 bits per heavy atom. The summed E-state index contributed by atoms with van der Waals surface area (Å²) in [7, 11) is 0. The summed E-state index contributed by atoms with van der Waals surface area (Å²) in [5, 5.41) is 13.4. The van der Waals surface area contributed by atoms with E-state index in [0.29, 0.717) is 39.8 Å². The number of carbonyl (C=O) groups is 1. The van der Waals surface area contributed by atoms with Crippen LogP contribution in [0.3, 0.4) is 0 Å². The highest BCUT2D eigenvalue weighted by molar-refractivity contribution is 6.30. The third-order valence-electron chi connectivity index (χ3n) is 4.28. The van der Waals surface area contributed by atoms with Crippen molar-refractivity contribution in [2.75, 3.05) is 4.90 Å². The van der Waals surface area contributed by atoms with Gasteiger partial charge in [-0.1, -0.05) is 24.3 Å². The van der Waals surface area contributed by atoms with Gasteiger partial charge in [0.15, 0.2) is 0 Å². The molecule has 132 valence electrons. The minimum absolute atomic E-state index is 0.122. The molecule has 0 saturated carbocycles. The summed E-state index contributed by atoms with van der Waals surface area (Å²) >= 11 is 6.04. The van der Waals surface area contributed by atoms with Crippen LogP contribution in [-0.2, 0) is 13.1 Å². The quantitative estimate of drug-likeness (QED) is 0.697. The Morgan fingerprint density at radius 3 is 2.93 bits per heavy atom. The summed E-state index contributed by atoms with van der Waals surface area (Å²) in [4.78, 5) is 23.3. The van der Waals surface area contributed by atoms with E-state index in [1.54, 1.807) is 47.9 Å². The van der Waals surface area contributed by atoms with Crippen LogP contribution in [0.25, 0.3) is 17.3 Å². The van der Waals surface area contributed by atoms with Crippen molar-refractivity contribution in [3.8, 4) is 17.3 Å². The SMILES string of the molecule is C=Cc1cc(-c2cncc(Cl)c2)nc2c1C(=O)N(c1cnn(CC#N)c1)C2. The minimum atomic E-state index is -0.167. The summed E-state index contributed by atoms with van der Waals surface area (Å²) in [6.07, 6.45) is 8.10. The first-order valence-corrected chi connectivity index (χ1v) is 8.47. The molecule has 0 aromatic carbocycles. The zero-order valence-corrected chi connectivity index (χ0v) is 14.9. The number of carbonyl (C=O) groups excluding carboxylic acids is 1. The fraction of sp³-hybridized carbons (Fsp3) is 0.105. The van der Waals surface area contributed by atoms with Gasteiger partial charge in [-0.2, -0.15) is 10.4 Å². The number of nitriles is 1. The molecule has 4 heterocycles. The molecule has 0 aliphatic carbocycles. The van der Waals surface area contributed by atoms with Gasteiger partial charge in [0.05, 0.1) is 46.5 Å². The van der Waals surface area contributed by atoms with Crippen LogP contribution in [0.1, 0.15) is 21.6 Å². The van der Waals surface area contributed by atoms with Crippen molar-refractivity contribution >= 4 is 29.3 Å². The summed E-state index contributed by atoms with van der Waals surface area (Å²) in [5.41, 5.74) is 3.94. The lowest BCUT2D eigenvalue weighted by molar-refractivity contribution is 0.0996. The number of anilines is 1. The lowest BCUT2D eigenvalue weighted by Crippen LogP contribution is -2.22. The first kappa shape index (κ1) is 16.9. The van der Waals surface area contributed by atoms with Gasteiger partial charge in [0, 0.05) is 24.2 Å². The Bertz CT molecular complexity index is 1110. The maximum absolute atomic E-state index is 12.9. The van der Waals surface area contributed by atoms with E-state index in [4.69, 9.17) is 16.9 Å². The number of pyridine rings is 2. The molecule has 4 rings (SSSR count). The first-order chi connectivity index (χ1) is 13.1. The number of hydrogen-bond donors (Lipinski definition) is 0. The molecule has 0 unspecified atom stereocenters. The highest BCUT2D eigenvalue weighted by Gasteiger charge is 2.33. The average Bonchev–Trinajstić information content (AvgIpc) is 3.26. The van der Waals surface area contributed by atoms with Crippen molar-refractivity contribution in [1.82, 2.24) is 19.7 Å². The normalized spacial score (nSPS) is 12.7. The Hall–Kier alpha value is -3.50. The van der Waals surface area contributed by atoms with Crippen molar-refractivity contribution < 1.29 is 4.79 Å². The Labute approximate surface area is 160 Å². The van der Waals surface area contributed by atoms with Crippen LogP contribution in [0.2, 0.25) is 5.02 Å². The van der Waals surface area contributed by atoms with Gasteiger partial charge in [-0.15, -0.1) is 0 Å². The van der Waals surface area contributed by atoms with E-state index < -0.39 is 0 Å². The van der Waals surface area contributed by atoms with Crippen LogP contribution >= 0.6 is 11.6 Å². The lowest BCUT2D eigenvalue weighted by atomic mass is 10.0. The number of halogens is 1. The Balaban J connectivity index is 1.76. The van der Waals surface area contributed by atoms with Gasteiger partial charge in [-0.25, -0.2) is 4.98 Å². The highest BCUT2D eigenvalue weighted by Crippen LogP contribution is 2.32. The van der Waals surface area contributed by atoms with E-state index in [1.165, 1.54) is 4.68 Å². The van der Waals surface area contributed by atoms with Gasteiger partial charge in [-0.3, -0.25) is 19.4 Å². The van der Waals surface area contributed by atoms with E-state index >= 15 is 0 Å². The van der Waals surface area contributed by atoms with Crippen LogP contribution in [-0.4, -0.2) is 25.7 Å². The number of nitrogens with zero attached hydrogens (tertiary/aromatic N) is 6. The largest absolute Gasteiger partial charge is 0.299 e. The maximum atomic E-state index is 12.9. The van der Waals surface area contributed by atoms with E-state index in [0.717, 1.165) is 5.56 Å². The molecule has 0 N–H and O–H groups in total. The van der Waals surface area contributed by atoms with Crippen molar-refractivity contribution in [1.29, 1.82) is 5.26 Å². The monoisotopic (exact) mass is 376 g/mol. The molecular weight excluding hydrogens is 364 g/mol. The minimum Gasteiger partial charge on any atom is -0.299 e. The smallest absolute Gasteiger partial charge is 0.261 e. The van der Waals surface area contributed by atoms with Crippen molar-refractivity contribution in [3.63, 3.8) is 0 Å². The molecule has 3 aromatic heterocycles. The summed E-state index contributed by atoms with van der Waals surface area (Å²) in [5.74, 6) is -0.167. The van der Waals surface area contributed by atoms with Crippen LogP contribution in [0, 0.1) is 11.3 Å². The standard InChI is InChI=1S/C19H13ClN6O/c1-2-12-6-16(13-5-14(20)8-22-7-13)24-17-11-26(19(27)18(12)17)15-9-23-25(10-15)4-3-21/h2,5-10H,1,4,11H2. The van der Waals surface area contributed by atoms with E-state index in [2.05, 4.69) is 21.6 Å². The maximum Gasteiger partial charge on any atom is 0.261 e. The van der Waals surface area contributed by atoms with Crippen LogP contribution in [0.4, 0.5) is 5.69 Å². The first-order valence-electron chi connectivity index (χ1n) is 8.09. The number of fused-ring (bicyclic) bond motifs is 1. The summed E-state index contributed by atoms with van der Waals surface area (Å²) < 4.78 is 1.48. The van der Waals surface area contributed by atoms with Crippen LogP contribution in [0.5, 0.6) is 0 Å². The Morgan fingerprint density at radius 2 is 2.19 bits per heavy atom. The molecule has 0 bridgehead atoms. The second-order valence-corrected chi connectivity index (χ2v) is 6.40.